The second-order valence-corrected chi connectivity index (χ2v) is 8.68. The van der Waals surface area contributed by atoms with Gasteiger partial charge in [0.1, 0.15) is 16.3 Å². The number of hydrogen-bond donors (Lipinski definition) is 1. The molecular weight excluding hydrogens is 462 g/mol. The Labute approximate surface area is 202 Å². The third kappa shape index (κ3) is 5.27. The van der Waals surface area contributed by atoms with Gasteiger partial charge < -0.3 is 29.0 Å². The van der Waals surface area contributed by atoms with Gasteiger partial charge in [0.05, 0.1) is 33.5 Å². The van der Waals surface area contributed by atoms with E-state index in [0.29, 0.717) is 22.1 Å². The molecule has 184 valence electrons. The molecule has 0 saturated heterocycles. The van der Waals surface area contributed by atoms with Gasteiger partial charge in [0.15, 0.2) is 17.6 Å². The number of ether oxygens (including phenoxy) is 5. The van der Waals surface area contributed by atoms with Crippen LogP contribution in [0.25, 0.3) is 0 Å². The van der Waals surface area contributed by atoms with Crippen molar-refractivity contribution in [1.82, 2.24) is 0 Å². The topological polar surface area (TPSA) is 109 Å². The molecule has 0 fully saturated rings. The average molecular weight is 492 g/mol. The highest BCUT2D eigenvalue weighted by Crippen LogP contribution is 2.39. The predicted molar refractivity (Wildman–Crippen MR) is 127 cm³/mol. The van der Waals surface area contributed by atoms with Crippen LogP contribution in [0, 0.1) is 0 Å². The Bertz CT molecular complexity index is 1080. The summed E-state index contributed by atoms with van der Waals surface area (Å²) >= 11 is 1.37. The van der Waals surface area contributed by atoms with Gasteiger partial charge in [0.25, 0.3) is 5.91 Å². The Morgan fingerprint density at radius 2 is 1.62 bits per heavy atom. The highest BCUT2D eigenvalue weighted by molar-refractivity contribution is 7.17. The number of fused-ring (bicyclic) bond motifs is 1. The number of esters is 2. The van der Waals surface area contributed by atoms with Gasteiger partial charge in [0, 0.05) is 17.0 Å². The van der Waals surface area contributed by atoms with Crippen LogP contribution in [0.1, 0.15) is 57.8 Å². The first kappa shape index (κ1) is 25.4. The fraction of sp³-hybridized carbons (Fsp3) is 0.458. The molecule has 0 saturated carbocycles. The van der Waals surface area contributed by atoms with Gasteiger partial charge in [-0.05, 0) is 45.1 Å². The van der Waals surface area contributed by atoms with Crippen LogP contribution in [0.2, 0.25) is 0 Å². The summed E-state index contributed by atoms with van der Waals surface area (Å²) in [6, 6.07) is 2.93. The van der Waals surface area contributed by atoms with Crippen LogP contribution >= 0.6 is 11.3 Å². The molecule has 9 nitrogen and oxygen atoms in total. The smallest absolute Gasteiger partial charge is 0.342 e. The van der Waals surface area contributed by atoms with Crippen LogP contribution < -0.4 is 19.5 Å². The van der Waals surface area contributed by atoms with E-state index in [0.717, 1.165) is 36.1 Å². The molecule has 3 rings (SSSR count). The fourth-order valence-electron chi connectivity index (χ4n) is 3.75. The SMILES string of the molecule is CCOC(=O)c1c(NC(=O)[C@H](C)OC(=O)c2cc(OC)c(OC)cc2OC)sc2c1CCCC2. The zero-order valence-electron chi connectivity index (χ0n) is 19.9. The third-order valence-corrected chi connectivity index (χ3v) is 6.67. The summed E-state index contributed by atoms with van der Waals surface area (Å²) in [7, 11) is 4.32. The number of anilines is 1. The maximum Gasteiger partial charge on any atom is 0.342 e. The number of rotatable bonds is 9. The lowest BCUT2D eigenvalue weighted by atomic mass is 9.95. The van der Waals surface area contributed by atoms with Crippen molar-refractivity contribution >= 4 is 34.2 Å². The van der Waals surface area contributed by atoms with Crippen LogP contribution in [-0.4, -0.2) is 51.9 Å². The third-order valence-electron chi connectivity index (χ3n) is 5.47. The summed E-state index contributed by atoms with van der Waals surface area (Å²) in [5.41, 5.74) is 1.42. The molecule has 0 unspecified atom stereocenters. The molecule has 0 spiro atoms. The number of nitrogens with one attached hydrogen (secondary N) is 1. The van der Waals surface area contributed by atoms with Gasteiger partial charge in [-0.25, -0.2) is 9.59 Å². The normalized spacial score (nSPS) is 13.3. The molecule has 0 radical (unpaired) electrons. The van der Waals surface area contributed by atoms with Gasteiger partial charge >= 0.3 is 11.9 Å². The highest BCUT2D eigenvalue weighted by Gasteiger charge is 2.29. The molecule has 0 aliphatic heterocycles. The lowest BCUT2D eigenvalue weighted by Gasteiger charge is -2.16. The Kier molecular flexibility index (Phi) is 8.38. The van der Waals surface area contributed by atoms with Gasteiger partial charge in [-0.3, -0.25) is 4.79 Å². The van der Waals surface area contributed by atoms with Crippen LogP contribution in [0.4, 0.5) is 5.00 Å². The van der Waals surface area contributed by atoms with Gasteiger partial charge in [0.2, 0.25) is 0 Å². The zero-order valence-corrected chi connectivity index (χ0v) is 20.8. The van der Waals surface area contributed by atoms with Gasteiger partial charge in [-0.1, -0.05) is 0 Å². The Morgan fingerprint density at radius 3 is 2.26 bits per heavy atom. The van der Waals surface area contributed by atoms with E-state index < -0.39 is 23.9 Å². The summed E-state index contributed by atoms with van der Waals surface area (Å²) in [5, 5.41) is 3.18. The molecule has 10 heteroatoms. The van der Waals surface area contributed by atoms with Gasteiger partial charge in [-0.2, -0.15) is 0 Å². The molecule has 2 aromatic rings. The second-order valence-electron chi connectivity index (χ2n) is 7.58. The van der Waals surface area contributed by atoms with E-state index in [1.165, 1.54) is 51.7 Å². The van der Waals surface area contributed by atoms with Crippen LogP contribution in [0.15, 0.2) is 12.1 Å². The van der Waals surface area contributed by atoms with Crippen LogP contribution in [0.5, 0.6) is 17.2 Å². The highest BCUT2D eigenvalue weighted by atomic mass is 32.1. The predicted octanol–water partition coefficient (Wildman–Crippen LogP) is 4.01. The molecule has 1 aromatic heterocycles. The number of carbonyl (C=O) groups is 3. The number of aryl methyl sites for hydroxylation is 1. The monoisotopic (exact) mass is 491 g/mol. The molecule has 1 atom stereocenters. The Hall–Kier alpha value is -3.27. The second kappa shape index (κ2) is 11.2. The van der Waals surface area contributed by atoms with Crippen molar-refractivity contribution in [1.29, 1.82) is 0 Å². The summed E-state index contributed by atoms with van der Waals surface area (Å²) in [4.78, 5) is 39.4. The van der Waals surface area contributed by atoms with Crippen molar-refractivity contribution in [3.8, 4) is 17.2 Å². The van der Waals surface area contributed by atoms with Crippen molar-refractivity contribution in [2.24, 2.45) is 0 Å². The summed E-state index contributed by atoms with van der Waals surface area (Å²) in [5.74, 6) is -0.873. The largest absolute Gasteiger partial charge is 0.496 e. The molecule has 1 aliphatic rings. The zero-order chi connectivity index (χ0) is 24.8. The lowest BCUT2D eigenvalue weighted by Crippen LogP contribution is -2.30. The number of thiophene rings is 1. The van der Waals surface area contributed by atoms with E-state index in [1.807, 2.05) is 0 Å². The number of hydrogen-bond acceptors (Lipinski definition) is 9. The Morgan fingerprint density at radius 1 is 0.971 bits per heavy atom. The fourth-order valence-corrected chi connectivity index (χ4v) is 5.03. The minimum absolute atomic E-state index is 0.0820. The number of methoxy groups -OCH3 is 3. The molecule has 1 aliphatic carbocycles. The summed E-state index contributed by atoms with van der Waals surface area (Å²) in [6.45, 7) is 3.43. The van der Waals surface area contributed by atoms with Crippen LogP contribution in [-0.2, 0) is 27.1 Å². The molecule has 1 N–H and O–H groups in total. The van der Waals surface area contributed by atoms with E-state index in [-0.39, 0.29) is 17.9 Å². The van der Waals surface area contributed by atoms with Crippen molar-refractivity contribution in [3.05, 3.63) is 33.7 Å². The molecule has 1 aromatic carbocycles. The minimum atomic E-state index is -1.14. The first-order valence-corrected chi connectivity index (χ1v) is 11.8. The quantitative estimate of drug-likeness (QED) is 0.524. The first-order chi connectivity index (χ1) is 16.3. The molecule has 1 heterocycles. The first-order valence-electron chi connectivity index (χ1n) is 11.0. The molecular formula is C24H29NO8S. The standard InChI is InChI=1S/C24H29NO8S/c1-6-32-24(28)20-14-9-7-8-10-19(14)34-22(20)25-21(26)13(2)33-23(27)15-11-17(30-4)18(31-5)12-16(15)29-3/h11-13H,6-10H2,1-5H3,(H,25,26)/t13-/m0/s1. The van der Waals surface area contributed by atoms with Crippen molar-refractivity contribution in [3.63, 3.8) is 0 Å². The Balaban J connectivity index is 1.79. The number of carbonyl (C=O) groups excluding carboxylic acids is 3. The van der Waals surface area contributed by atoms with Crippen molar-refractivity contribution in [2.75, 3.05) is 33.3 Å². The molecule has 0 bridgehead atoms. The summed E-state index contributed by atoms with van der Waals surface area (Å²) < 4.78 is 26.4. The lowest BCUT2D eigenvalue weighted by molar-refractivity contribution is -0.123. The van der Waals surface area contributed by atoms with Crippen molar-refractivity contribution in [2.45, 2.75) is 45.6 Å². The maximum absolute atomic E-state index is 12.9. The van der Waals surface area contributed by atoms with E-state index in [9.17, 15) is 14.4 Å². The van der Waals surface area contributed by atoms with E-state index >= 15 is 0 Å². The maximum atomic E-state index is 12.9. The molecule has 1 amide bonds. The van der Waals surface area contributed by atoms with E-state index in [4.69, 9.17) is 23.7 Å². The van der Waals surface area contributed by atoms with Gasteiger partial charge in [-0.15, -0.1) is 11.3 Å². The number of amides is 1. The van der Waals surface area contributed by atoms with E-state index in [2.05, 4.69) is 5.32 Å². The number of benzene rings is 1. The molecule has 34 heavy (non-hydrogen) atoms. The minimum Gasteiger partial charge on any atom is -0.496 e. The average Bonchev–Trinajstić information content (AvgIpc) is 3.20. The van der Waals surface area contributed by atoms with Crippen molar-refractivity contribution < 1.29 is 38.1 Å². The summed E-state index contributed by atoms with van der Waals surface area (Å²) in [6.07, 6.45) is 2.49. The van der Waals surface area contributed by atoms with Crippen LogP contribution in [0.3, 0.4) is 0 Å². The van der Waals surface area contributed by atoms with E-state index in [1.54, 1.807) is 6.92 Å².